The number of aliphatic hydroxyl groups is 1. The molecule has 0 bridgehead atoms. The molecule has 0 rings (SSSR count). The Balaban J connectivity index is 5.17. The minimum absolute atomic E-state index is 0.107. The van der Waals surface area contributed by atoms with Crippen LogP contribution in [0.2, 0.25) is 0 Å². The summed E-state index contributed by atoms with van der Waals surface area (Å²) >= 11 is 0. The van der Waals surface area contributed by atoms with Gasteiger partial charge in [-0.15, -0.1) is 0 Å². The molecule has 0 aromatic carbocycles. The topological polar surface area (TPSA) is 237 Å². The summed E-state index contributed by atoms with van der Waals surface area (Å²) in [5, 5.41) is 10.6. The van der Waals surface area contributed by atoms with E-state index in [1.165, 1.54) is 199 Å². The third kappa shape index (κ3) is 66.5. The number of hydrogen-bond acceptors (Lipinski definition) is 15. The molecule has 0 saturated carbocycles. The van der Waals surface area contributed by atoms with Gasteiger partial charge in [0.15, 0.2) is 12.2 Å². The smallest absolute Gasteiger partial charge is 0.462 e. The number of hydrogen-bond donors (Lipinski definition) is 3. The van der Waals surface area contributed by atoms with Crippen LogP contribution in [0.3, 0.4) is 0 Å². The Morgan fingerprint density at radius 1 is 0.264 bits per heavy atom. The second kappa shape index (κ2) is 66.7. The van der Waals surface area contributed by atoms with Crippen LogP contribution in [0.4, 0.5) is 0 Å². The highest BCUT2D eigenvalue weighted by Crippen LogP contribution is 2.45. The summed E-state index contributed by atoms with van der Waals surface area (Å²) in [6, 6.07) is 0. The third-order valence-electron chi connectivity index (χ3n) is 16.9. The first kappa shape index (κ1) is 89.1. The van der Waals surface area contributed by atoms with Crippen LogP contribution < -0.4 is 0 Å². The third-order valence-corrected chi connectivity index (χ3v) is 18.8. The van der Waals surface area contributed by atoms with Crippen molar-refractivity contribution in [3.05, 3.63) is 0 Å². The van der Waals surface area contributed by atoms with Crippen LogP contribution in [-0.4, -0.2) is 96.7 Å². The fraction of sp³-hybridized carbons (Fsp3) is 0.944. The zero-order valence-electron chi connectivity index (χ0n) is 58.8. The van der Waals surface area contributed by atoms with E-state index in [1.807, 2.05) is 0 Å². The van der Waals surface area contributed by atoms with Crippen molar-refractivity contribution in [2.45, 2.75) is 399 Å². The Morgan fingerprint density at radius 3 is 0.648 bits per heavy atom. The van der Waals surface area contributed by atoms with E-state index in [0.717, 1.165) is 103 Å². The first-order chi connectivity index (χ1) is 44.2. The molecular formula is C72H140O17P2. The molecule has 0 aliphatic carbocycles. The van der Waals surface area contributed by atoms with Gasteiger partial charge in [-0.2, -0.15) is 0 Å². The van der Waals surface area contributed by atoms with Gasteiger partial charge in [0, 0.05) is 25.7 Å². The van der Waals surface area contributed by atoms with Crippen molar-refractivity contribution in [3.63, 3.8) is 0 Å². The van der Waals surface area contributed by atoms with Crippen LogP contribution in [-0.2, 0) is 65.4 Å². The largest absolute Gasteiger partial charge is 0.472 e. The predicted octanol–water partition coefficient (Wildman–Crippen LogP) is 21.1. The maximum Gasteiger partial charge on any atom is 0.472 e. The van der Waals surface area contributed by atoms with E-state index < -0.39 is 97.5 Å². The highest BCUT2D eigenvalue weighted by atomic mass is 31.2. The Labute approximate surface area is 556 Å². The Kier molecular flexibility index (Phi) is 65.2. The van der Waals surface area contributed by atoms with Gasteiger partial charge in [0.2, 0.25) is 0 Å². The standard InChI is InChI=1S/C72H140O17P2/c1-5-9-13-17-21-24-27-30-31-32-33-34-35-37-40-43-47-51-55-59-72(77)89-68(63-83-70(75)57-53-49-45-41-39-36-28-25-22-18-14-10-6-2)65-87-91(80,81)85-61-66(73)60-84-90(78,79)86-64-67(62-82-69(74)56-52-48-44-20-16-12-8-4)88-71(76)58-54-50-46-42-38-29-26-23-19-15-11-7-3/h66-68,73H,5-65H2,1-4H3,(H,78,79)(H,80,81)/t66-,67+,68+/m0/s1. The Morgan fingerprint density at radius 2 is 0.440 bits per heavy atom. The fourth-order valence-corrected chi connectivity index (χ4v) is 12.6. The molecule has 3 N–H and O–H groups in total. The van der Waals surface area contributed by atoms with E-state index in [2.05, 4.69) is 27.7 Å². The lowest BCUT2D eigenvalue weighted by Gasteiger charge is -2.21. The normalized spacial score (nSPS) is 14.0. The molecule has 91 heavy (non-hydrogen) atoms. The van der Waals surface area contributed by atoms with Crippen LogP contribution in [0.1, 0.15) is 381 Å². The van der Waals surface area contributed by atoms with E-state index in [9.17, 15) is 43.2 Å². The Bertz CT molecular complexity index is 1740. The molecule has 0 fully saturated rings. The Hall–Kier alpha value is -1.94. The van der Waals surface area contributed by atoms with E-state index in [1.54, 1.807) is 0 Å². The second-order valence-electron chi connectivity index (χ2n) is 26.0. The number of ether oxygens (including phenoxy) is 4. The van der Waals surface area contributed by atoms with Crippen LogP contribution in [0.5, 0.6) is 0 Å². The van der Waals surface area contributed by atoms with Crippen molar-refractivity contribution >= 4 is 39.5 Å². The minimum atomic E-state index is -4.95. The van der Waals surface area contributed by atoms with Crippen LogP contribution in [0.15, 0.2) is 0 Å². The SMILES string of the molecule is CCCCCCCCCCCCCCCCCCCCCC(=O)O[C@H](COC(=O)CCCCCCCCCCCCCCC)COP(=O)(O)OC[C@@H](O)COP(=O)(O)OC[C@@H](COC(=O)CCCCCCCCC)OC(=O)CCCCCCCCCCCCCC. The van der Waals surface area contributed by atoms with E-state index in [-0.39, 0.29) is 25.7 Å². The summed E-state index contributed by atoms with van der Waals surface area (Å²) in [4.78, 5) is 72.5. The van der Waals surface area contributed by atoms with E-state index >= 15 is 0 Å². The van der Waals surface area contributed by atoms with E-state index in [0.29, 0.717) is 25.7 Å². The molecule has 0 heterocycles. The quantitative estimate of drug-likeness (QED) is 0.0222. The zero-order chi connectivity index (χ0) is 66.8. The minimum Gasteiger partial charge on any atom is -0.462 e. The number of rotatable bonds is 73. The number of carbonyl (C=O) groups is 4. The maximum atomic E-state index is 13.0. The number of phosphoric ester groups is 2. The van der Waals surface area contributed by atoms with Gasteiger partial charge in [-0.3, -0.25) is 37.3 Å². The van der Waals surface area contributed by atoms with Crippen molar-refractivity contribution in [1.29, 1.82) is 0 Å². The molecule has 0 aromatic heterocycles. The fourth-order valence-electron chi connectivity index (χ4n) is 11.0. The lowest BCUT2D eigenvalue weighted by Crippen LogP contribution is -2.30. The monoisotopic (exact) mass is 1340 g/mol. The lowest BCUT2D eigenvalue weighted by molar-refractivity contribution is -0.161. The molecule has 0 aromatic rings. The number of phosphoric acid groups is 2. The van der Waals surface area contributed by atoms with Gasteiger partial charge < -0.3 is 33.8 Å². The molecular weight excluding hydrogens is 1200 g/mol. The molecule has 0 spiro atoms. The van der Waals surface area contributed by atoms with Crippen LogP contribution >= 0.6 is 15.6 Å². The maximum absolute atomic E-state index is 13.0. The average Bonchev–Trinajstić information content (AvgIpc) is 3.72. The molecule has 0 aliphatic rings. The van der Waals surface area contributed by atoms with Gasteiger partial charge in [-0.1, -0.05) is 329 Å². The van der Waals surface area contributed by atoms with Crippen LogP contribution in [0, 0.1) is 0 Å². The predicted molar refractivity (Wildman–Crippen MR) is 368 cm³/mol. The van der Waals surface area contributed by atoms with Crippen LogP contribution in [0.25, 0.3) is 0 Å². The number of carbonyl (C=O) groups excluding carboxylic acids is 4. The molecule has 540 valence electrons. The number of aliphatic hydroxyl groups excluding tert-OH is 1. The summed E-state index contributed by atoms with van der Waals surface area (Å²) in [5.74, 6) is -2.12. The van der Waals surface area contributed by atoms with Gasteiger partial charge in [0.25, 0.3) is 0 Å². The zero-order valence-corrected chi connectivity index (χ0v) is 60.6. The molecule has 0 aliphatic heterocycles. The van der Waals surface area contributed by atoms with E-state index in [4.69, 9.17) is 37.0 Å². The summed E-state index contributed by atoms with van der Waals surface area (Å²) < 4.78 is 68.3. The van der Waals surface area contributed by atoms with Gasteiger partial charge in [-0.05, 0) is 25.7 Å². The lowest BCUT2D eigenvalue weighted by atomic mass is 10.0. The molecule has 17 nitrogen and oxygen atoms in total. The summed E-state index contributed by atoms with van der Waals surface area (Å²) in [5.41, 5.74) is 0. The highest BCUT2D eigenvalue weighted by molar-refractivity contribution is 7.47. The number of unbranched alkanes of at least 4 members (excludes halogenated alkanes) is 47. The number of esters is 4. The van der Waals surface area contributed by atoms with Gasteiger partial charge in [0.1, 0.15) is 19.3 Å². The van der Waals surface area contributed by atoms with Gasteiger partial charge >= 0.3 is 39.5 Å². The average molecular weight is 1340 g/mol. The van der Waals surface area contributed by atoms with Crippen molar-refractivity contribution < 1.29 is 80.2 Å². The summed E-state index contributed by atoms with van der Waals surface area (Å²) in [6.45, 7) is 4.92. The molecule has 0 saturated heterocycles. The molecule has 19 heteroatoms. The highest BCUT2D eigenvalue weighted by Gasteiger charge is 2.30. The second-order valence-corrected chi connectivity index (χ2v) is 28.9. The molecule has 0 amide bonds. The van der Waals surface area contributed by atoms with Gasteiger partial charge in [0.05, 0.1) is 26.4 Å². The van der Waals surface area contributed by atoms with Crippen molar-refractivity contribution in [3.8, 4) is 0 Å². The van der Waals surface area contributed by atoms with Crippen molar-refractivity contribution in [1.82, 2.24) is 0 Å². The summed E-state index contributed by atoms with van der Waals surface area (Å²) in [6.07, 6.45) is 55.6. The first-order valence-electron chi connectivity index (χ1n) is 37.8. The van der Waals surface area contributed by atoms with Crippen molar-refractivity contribution in [2.75, 3.05) is 39.6 Å². The first-order valence-corrected chi connectivity index (χ1v) is 40.8. The summed E-state index contributed by atoms with van der Waals surface area (Å²) in [7, 11) is -9.89. The molecule has 2 unspecified atom stereocenters. The van der Waals surface area contributed by atoms with Gasteiger partial charge in [-0.25, -0.2) is 9.13 Å². The van der Waals surface area contributed by atoms with Crippen molar-refractivity contribution in [2.24, 2.45) is 0 Å². The molecule has 5 atom stereocenters. The molecule has 0 radical (unpaired) electrons.